The second-order valence-corrected chi connectivity index (χ2v) is 6.40. The van der Waals surface area contributed by atoms with E-state index >= 15 is 0 Å². The molecule has 0 aliphatic rings. The predicted octanol–water partition coefficient (Wildman–Crippen LogP) is 5.02. The van der Waals surface area contributed by atoms with Crippen molar-refractivity contribution >= 4 is 27.7 Å². The van der Waals surface area contributed by atoms with Crippen molar-refractivity contribution in [2.75, 3.05) is 7.05 Å². The van der Waals surface area contributed by atoms with Gasteiger partial charge in [-0.1, -0.05) is 46.3 Å². The predicted molar refractivity (Wildman–Crippen MR) is 87.6 cm³/mol. The largest absolute Gasteiger partial charge is 0.313 e. The number of nitrogens with one attached hydrogen (secondary N) is 1. The average Bonchev–Trinajstić information content (AvgIpc) is 2.46. The lowest BCUT2D eigenvalue weighted by molar-refractivity contribution is 0.641. The fourth-order valence-corrected chi connectivity index (χ4v) is 3.34. The second kappa shape index (κ2) is 7.13. The standard InChI is InChI=1S/C16H18BrNS/c1-12(18-2)15-10-14(17)8-9-16(15)19-11-13-6-4-3-5-7-13/h3-10,12,18H,11H2,1-2H3. The first-order valence-electron chi connectivity index (χ1n) is 6.34. The summed E-state index contributed by atoms with van der Waals surface area (Å²) >= 11 is 5.44. The first kappa shape index (κ1) is 14.6. The molecule has 19 heavy (non-hydrogen) atoms. The van der Waals surface area contributed by atoms with E-state index in [9.17, 15) is 0 Å². The monoisotopic (exact) mass is 335 g/mol. The molecular formula is C16H18BrNS. The molecule has 2 aromatic carbocycles. The Morgan fingerprint density at radius 2 is 1.89 bits per heavy atom. The molecule has 1 N–H and O–H groups in total. The molecule has 2 aromatic rings. The molecule has 0 fully saturated rings. The van der Waals surface area contributed by atoms with Crippen LogP contribution >= 0.6 is 27.7 Å². The van der Waals surface area contributed by atoms with Crippen LogP contribution in [0.4, 0.5) is 0 Å². The molecule has 0 amide bonds. The van der Waals surface area contributed by atoms with Gasteiger partial charge in [-0.25, -0.2) is 0 Å². The van der Waals surface area contributed by atoms with Gasteiger partial charge in [-0.2, -0.15) is 0 Å². The number of hydrogen-bond acceptors (Lipinski definition) is 2. The summed E-state index contributed by atoms with van der Waals surface area (Å²) in [6, 6.07) is 17.5. The Labute approximate surface area is 127 Å². The van der Waals surface area contributed by atoms with Crippen LogP contribution < -0.4 is 5.32 Å². The molecule has 1 nitrogen and oxygen atoms in total. The van der Waals surface area contributed by atoms with Gasteiger partial charge >= 0.3 is 0 Å². The fraction of sp³-hybridized carbons (Fsp3) is 0.250. The van der Waals surface area contributed by atoms with Gasteiger partial charge in [0.15, 0.2) is 0 Å². The summed E-state index contributed by atoms with van der Waals surface area (Å²) in [6.45, 7) is 2.19. The number of rotatable bonds is 5. The van der Waals surface area contributed by atoms with E-state index in [-0.39, 0.29) is 0 Å². The van der Waals surface area contributed by atoms with Gasteiger partial charge < -0.3 is 5.32 Å². The third kappa shape index (κ3) is 4.10. The smallest absolute Gasteiger partial charge is 0.0300 e. The molecule has 100 valence electrons. The average molecular weight is 336 g/mol. The minimum Gasteiger partial charge on any atom is -0.313 e. The van der Waals surface area contributed by atoms with Crippen molar-refractivity contribution in [2.45, 2.75) is 23.6 Å². The highest BCUT2D eigenvalue weighted by molar-refractivity contribution is 9.10. The molecular weight excluding hydrogens is 318 g/mol. The van der Waals surface area contributed by atoms with Crippen LogP contribution in [-0.4, -0.2) is 7.05 Å². The van der Waals surface area contributed by atoms with Gasteiger partial charge in [0.25, 0.3) is 0 Å². The van der Waals surface area contributed by atoms with Crippen molar-refractivity contribution in [3.05, 3.63) is 64.1 Å². The highest BCUT2D eigenvalue weighted by atomic mass is 79.9. The van der Waals surface area contributed by atoms with Crippen LogP contribution in [0.3, 0.4) is 0 Å². The van der Waals surface area contributed by atoms with E-state index in [1.54, 1.807) is 0 Å². The van der Waals surface area contributed by atoms with E-state index in [4.69, 9.17) is 0 Å². The molecule has 0 aliphatic carbocycles. The van der Waals surface area contributed by atoms with Crippen LogP contribution in [0.2, 0.25) is 0 Å². The van der Waals surface area contributed by atoms with E-state index in [0.29, 0.717) is 6.04 Å². The summed E-state index contributed by atoms with van der Waals surface area (Å²) in [7, 11) is 2.00. The molecule has 0 spiro atoms. The number of benzene rings is 2. The van der Waals surface area contributed by atoms with Crippen LogP contribution in [0.1, 0.15) is 24.1 Å². The van der Waals surface area contributed by atoms with Gasteiger partial charge in [-0.15, -0.1) is 11.8 Å². The van der Waals surface area contributed by atoms with E-state index in [1.807, 2.05) is 18.8 Å². The quantitative estimate of drug-likeness (QED) is 0.769. The Morgan fingerprint density at radius 1 is 1.16 bits per heavy atom. The van der Waals surface area contributed by atoms with Gasteiger partial charge in [0.05, 0.1) is 0 Å². The van der Waals surface area contributed by atoms with E-state index in [2.05, 4.69) is 76.7 Å². The van der Waals surface area contributed by atoms with E-state index in [0.717, 1.165) is 10.2 Å². The third-order valence-corrected chi connectivity index (χ3v) is 4.76. The highest BCUT2D eigenvalue weighted by Gasteiger charge is 2.10. The van der Waals surface area contributed by atoms with Crippen LogP contribution in [-0.2, 0) is 5.75 Å². The number of hydrogen-bond donors (Lipinski definition) is 1. The van der Waals surface area contributed by atoms with Crippen LogP contribution in [0.15, 0.2) is 57.9 Å². The zero-order valence-electron chi connectivity index (χ0n) is 11.2. The van der Waals surface area contributed by atoms with Gasteiger partial charge in [0, 0.05) is 21.2 Å². The normalized spacial score (nSPS) is 12.4. The summed E-state index contributed by atoms with van der Waals surface area (Å²) in [5, 5.41) is 3.31. The van der Waals surface area contributed by atoms with Gasteiger partial charge in [-0.05, 0) is 43.3 Å². The summed E-state index contributed by atoms with van der Waals surface area (Å²) in [5.41, 5.74) is 2.70. The zero-order chi connectivity index (χ0) is 13.7. The maximum atomic E-state index is 3.55. The van der Waals surface area contributed by atoms with Crippen LogP contribution in [0, 0.1) is 0 Å². The van der Waals surface area contributed by atoms with Crippen molar-refractivity contribution in [1.29, 1.82) is 0 Å². The molecule has 2 rings (SSSR count). The van der Waals surface area contributed by atoms with Crippen LogP contribution in [0.25, 0.3) is 0 Å². The lowest BCUT2D eigenvalue weighted by atomic mass is 10.1. The molecule has 1 unspecified atom stereocenters. The van der Waals surface area contributed by atoms with Crippen molar-refractivity contribution in [1.82, 2.24) is 5.32 Å². The Hall–Kier alpha value is -0.770. The molecule has 0 aliphatic heterocycles. The van der Waals surface area contributed by atoms with E-state index < -0.39 is 0 Å². The molecule has 0 heterocycles. The number of halogens is 1. The molecule has 0 radical (unpaired) electrons. The maximum absolute atomic E-state index is 3.55. The summed E-state index contributed by atoms with van der Waals surface area (Å²) in [5.74, 6) is 1.01. The summed E-state index contributed by atoms with van der Waals surface area (Å²) in [6.07, 6.45) is 0. The zero-order valence-corrected chi connectivity index (χ0v) is 13.6. The molecule has 0 saturated heterocycles. The molecule has 3 heteroatoms. The third-order valence-electron chi connectivity index (χ3n) is 3.11. The molecule has 1 atom stereocenters. The SMILES string of the molecule is CNC(C)c1cc(Br)ccc1SCc1ccccc1. The molecule has 0 aromatic heterocycles. The topological polar surface area (TPSA) is 12.0 Å². The Bertz CT molecular complexity index is 528. The first-order chi connectivity index (χ1) is 9.20. The Balaban J connectivity index is 2.15. The molecule has 0 saturated carbocycles. The van der Waals surface area contributed by atoms with Crippen LogP contribution in [0.5, 0.6) is 0 Å². The summed E-state index contributed by atoms with van der Waals surface area (Å²) < 4.78 is 1.13. The lowest BCUT2D eigenvalue weighted by Gasteiger charge is -2.16. The second-order valence-electron chi connectivity index (χ2n) is 4.47. The highest BCUT2D eigenvalue weighted by Crippen LogP contribution is 2.32. The van der Waals surface area contributed by atoms with Gasteiger partial charge in [-0.3, -0.25) is 0 Å². The van der Waals surface area contributed by atoms with Crippen molar-refractivity contribution < 1.29 is 0 Å². The lowest BCUT2D eigenvalue weighted by Crippen LogP contribution is -2.13. The fourth-order valence-electron chi connectivity index (χ4n) is 1.88. The van der Waals surface area contributed by atoms with E-state index in [1.165, 1.54) is 16.0 Å². The first-order valence-corrected chi connectivity index (χ1v) is 8.12. The van der Waals surface area contributed by atoms with Crippen molar-refractivity contribution in [3.63, 3.8) is 0 Å². The minimum absolute atomic E-state index is 0.357. The molecule has 0 bridgehead atoms. The number of thioether (sulfide) groups is 1. The Kier molecular flexibility index (Phi) is 5.49. The van der Waals surface area contributed by atoms with Crippen molar-refractivity contribution in [3.8, 4) is 0 Å². The Morgan fingerprint density at radius 3 is 2.58 bits per heavy atom. The van der Waals surface area contributed by atoms with Crippen molar-refractivity contribution in [2.24, 2.45) is 0 Å². The van der Waals surface area contributed by atoms with Gasteiger partial charge in [0.1, 0.15) is 0 Å². The minimum atomic E-state index is 0.357. The maximum Gasteiger partial charge on any atom is 0.0300 e. The summed E-state index contributed by atoms with van der Waals surface area (Å²) in [4.78, 5) is 1.34. The van der Waals surface area contributed by atoms with Gasteiger partial charge in [0.2, 0.25) is 0 Å².